The molecule has 0 bridgehead atoms. The molecule has 4 atom stereocenters. The molecule has 1 aromatic carbocycles. The van der Waals surface area contributed by atoms with E-state index in [2.05, 4.69) is 10.6 Å². The number of imide groups is 1. The quantitative estimate of drug-likeness (QED) is 0.696. The molecule has 7 heteroatoms. The molecule has 1 aromatic rings. The van der Waals surface area contributed by atoms with E-state index in [4.69, 9.17) is 0 Å². The first-order valence-corrected chi connectivity index (χ1v) is 8.36. The number of amides is 3. The van der Waals surface area contributed by atoms with Crippen molar-refractivity contribution in [3.05, 3.63) is 29.6 Å². The van der Waals surface area contributed by atoms with Gasteiger partial charge in [0.05, 0.1) is 11.8 Å². The van der Waals surface area contributed by atoms with Crippen molar-refractivity contribution in [1.82, 2.24) is 10.2 Å². The first-order chi connectivity index (χ1) is 11.6. The molecule has 0 aromatic heterocycles. The Labute approximate surface area is 144 Å². The fourth-order valence-corrected chi connectivity index (χ4v) is 4.60. The lowest BCUT2D eigenvalue weighted by Crippen LogP contribution is -2.55. The topological polar surface area (TPSA) is 78.5 Å². The second-order valence-electron chi connectivity index (χ2n) is 8.07. The van der Waals surface area contributed by atoms with Crippen LogP contribution in [0, 0.1) is 17.7 Å². The number of likely N-dealkylation sites (tertiary alicyclic amines) is 1. The molecule has 132 valence electrons. The van der Waals surface area contributed by atoms with Crippen molar-refractivity contribution in [2.24, 2.45) is 11.8 Å². The van der Waals surface area contributed by atoms with E-state index < -0.39 is 34.6 Å². The van der Waals surface area contributed by atoms with Gasteiger partial charge < -0.3 is 5.32 Å². The maximum atomic E-state index is 13.9. The third-order valence-corrected chi connectivity index (χ3v) is 5.50. The molecule has 0 aliphatic carbocycles. The van der Waals surface area contributed by atoms with Crippen LogP contribution in [0.15, 0.2) is 18.2 Å². The molecule has 2 N–H and O–H groups in total. The van der Waals surface area contributed by atoms with Crippen molar-refractivity contribution in [2.75, 3.05) is 5.32 Å². The monoisotopic (exact) mass is 345 g/mol. The lowest BCUT2D eigenvalue weighted by atomic mass is 9.76. The number of hydrogen-bond acceptors (Lipinski definition) is 4. The van der Waals surface area contributed by atoms with Gasteiger partial charge in [0.25, 0.3) is 0 Å². The highest BCUT2D eigenvalue weighted by molar-refractivity contribution is 6.15. The van der Waals surface area contributed by atoms with Crippen molar-refractivity contribution in [2.45, 2.75) is 44.8 Å². The second kappa shape index (κ2) is 4.66. The third kappa shape index (κ3) is 1.84. The van der Waals surface area contributed by atoms with Crippen LogP contribution in [0.3, 0.4) is 0 Å². The average molecular weight is 345 g/mol. The van der Waals surface area contributed by atoms with Gasteiger partial charge in [-0.1, -0.05) is 0 Å². The van der Waals surface area contributed by atoms with Gasteiger partial charge >= 0.3 is 0 Å². The highest BCUT2D eigenvalue weighted by atomic mass is 19.1. The highest BCUT2D eigenvalue weighted by Crippen LogP contribution is 2.53. The number of anilines is 1. The summed E-state index contributed by atoms with van der Waals surface area (Å²) in [5.41, 5.74) is -1.22. The zero-order chi connectivity index (χ0) is 18.3. The number of halogens is 1. The summed E-state index contributed by atoms with van der Waals surface area (Å²) in [5.74, 6) is -3.09. The van der Waals surface area contributed by atoms with E-state index in [9.17, 15) is 18.8 Å². The summed E-state index contributed by atoms with van der Waals surface area (Å²) in [6.07, 6.45) is 0. The van der Waals surface area contributed by atoms with Crippen LogP contribution in [0.2, 0.25) is 0 Å². The van der Waals surface area contributed by atoms with Crippen LogP contribution in [-0.2, 0) is 19.9 Å². The normalized spacial score (nSPS) is 33.9. The molecule has 3 heterocycles. The van der Waals surface area contributed by atoms with Gasteiger partial charge in [0.1, 0.15) is 11.4 Å². The second-order valence-corrected chi connectivity index (χ2v) is 8.07. The van der Waals surface area contributed by atoms with E-state index in [0.29, 0.717) is 11.3 Å². The Morgan fingerprint density at radius 2 is 1.84 bits per heavy atom. The van der Waals surface area contributed by atoms with Gasteiger partial charge in [-0.05, 0) is 45.9 Å². The van der Waals surface area contributed by atoms with E-state index in [0.717, 1.165) is 0 Å². The van der Waals surface area contributed by atoms with Gasteiger partial charge in [-0.25, -0.2) is 4.39 Å². The number of nitrogens with zero attached hydrogens (tertiary/aromatic N) is 1. The average Bonchev–Trinajstić information content (AvgIpc) is 3.04. The molecule has 0 unspecified atom stereocenters. The summed E-state index contributed by atoms with van der Waals surface area (Å²) in [6.45, 7) is 7.15. The van der Waals surface area contributed by atoms with Crippen molar-refractivity contribution in [3.63, 3.8) is 0 Å². The molecule has 3 aliphatic heterocycles. The van der Waals surface area contributed by atoms with Crippen LogP contribution in [0.1, 0.15) is 33.3 Å². The molecular formula is C18H20FN3O3. The molecule has 2 fully saturated rings. The molecule has 0 radical (unpaired) electrons. The maximum absolute atomic E-state index is 13.9. The van der Waals surface area contributed by atoms with E-state index in [1.165, 1.54) is 23.1 Å². The van der Waals surface area contributed by atoms with Gasteiger partial charge in [-0.2, -0.15) is 0 Å². The summed E-state index contributed by atoms with van der Waals surface area (Å²) in [4.78, 5) is 40.3. The zero-order valence-corrected chi connectivity index (χ0v) is 14.5. The number of rotatable bonds is 0. The minimum Gasteiger partial charge on any atom is -0.324 e. The minimum atomic E-state index is -1.41. The molecule has 25 heavy (non-hydrogen) atoms. The Bertz CT molecular complexity index is 831. The van der Waals surface area contributed by atoms with Crippen LogP contribution in [-0.4, -0.2) is 34.2 Å². The van der Waals surface area contributed by atoms with Crippen molar-refractivity contribution in [1.29, 1.82) is 0 Å². The predicted molar refractivity (Wildman–Crippen MR) is 87.9 cm³/mol. The highest BCUT2D eigenvalue weighted by Gasteiger charge is 2.70. The van der Waals surface area contributed by atoms with Gasteiger partial charge in [-0.3, -0.25) is 24.6 Å². The molecule has 1 spiro atoms. The summed E-state index contributed by atoms with van der Waals surface area (Å²) >= 11 is 0. The van der Waals surface area contributed by atoms with Gasteiger partial charge in [0, 0.05) is 22.8 Å². The van der Waals surface area contributed by atoms with Gasteiger partial charge in [0.2, 0.25) is 17.7 Å². The fraction of sp³-hybridized carbons (Fsp3) is 0.500. The Hall–Kier alpha value is -2.28. The van der Waals surface area contributed by atoms with Crippen LogP contribution in [0.4, 0.5) is 10.1 Å². The Kier molecular flexibility index (Phi) is 3.02. The smallest absolute Gasteiger partial charge is 0.250 e. The number of fused-ring (bicyclic) bond motifs is 4. The standard InChI is InChI=1S/C18H20FN3O3/c1-8-12-13(15(24)22(14(12)23)17(2,3)4)18(21-8)10-7-9(19)5-6-11(10)20-16(18)25/h5-8,12-13,21H,1-4H3,(H,20,25)/t8-,12+,13-,18+/m0/s1. The lowest BCUT2D eigenvalue weighted by molar-refractivity contribution is -0.147. The number of benzene rings is 1. The third-order valence-electron chi connectivity index (χ3n) is 5.50. The molecule has 4 rings (SSSR count). The number of hydrogen-bond donors (Lipinski definition) is 2. The Morgan fingerprint density at radius 1 is 1.16 bits per heavy atom. The van der Waals surface area contributed by atoms with Crippen molar-refractivity contribution in [3.8, 4) is 0 Å². The summed E-state index contributed by atoms with van der Waals surface area (Å²) in [6, 6.07) is 3.64. The molecule has 3 amide bonds. The van der Waals surface area contributed by atoms with Crippen LogP contribution < -0.4 is 10.6 Å². The molecule has 6 nitrogen and oxygen atoms in total. The lowest BCUT2D eigenvalue weighted by Gasteiger charge is -2.34. The number of carbonyl (C=O) groups is 3. The summed E-state index contributed by atoms with van der Waals surface area (Å²) in [5, 5.41) is 5.88. The van der Waals surface area contributed by atoms with Crippen LogP contribution in [0.25, 0.3) is 0 Å². The van der Waals surface area contributed by atoms with Crippen LogP contribution in [0.5, 0.6) is 0 Å². The minimum absolute atomic E-state index is 0.281. The summed E-state index contributed by atoms with van der Waals surface area (Å²) < 4.78 is 13.9. The first kappa shape index (κ1) is 16.2. The van der Waals surface area contributed by atoms with E-state index in [1.54, 1.807) is 27.7 Å². The number of nitrogens with one attached hydrogen (secondary N) is 2. The number of carbonyl (C=O) groups excluding carboxylic acids is 3. The van der Waals surface area contributed by atoms with E-state index >= 15 is 0 Å². The zero-order valence-electron chi connectivity index (χ0n) is 14.5. The molecule has 3 aliphatic rings. The fourth-order valence-electron chi connectivity index (χ4n) is 4.60. The molecule has 2 saturated heterocycles. The molecule has 0 saturated carbocycles. The van der Waals surface area contributed by atoms with E-state index in [-0.39, 0.29) is 17.9 Å². The summed E-state index contributed by atoms with van der Waals surface area (Å²) in [7, 11) is 0. The SMILES string of the molecule is C[C@@H]1N[C@@]2(C(=O)Nc3ccc(F)cc32)[C@@H]2C(=O)N(C(C)(C)C)C(=O)[C@H]12. The largest absolute Gasteiger partial charge is 0.324 e. The molecular weight excluding hydrogens is 325 g/mol. The maximum Gasteiger partial charge on any atom is 0.250 e. The van der Waals surface area contributed by atoms with Crippen LogP contribution >= 0.6 is 0 Å². The first-order valence-electron chi connectivity index (χ1n) is 8.36. The van der Waals surface area contributed by atoms with Gasteiger partial charge in [0.15, 0.2) is 0 Å². The van der Waals surface area contributed by atoms with Gasteiger partial charge in [-0.15, -0.1) is 0 Å². The van der Waals surface area contributed by atoms with Crippen molar-refractivity contribution >= 4 is 23.4 Å². The Balaban J connectivity index is 1.92. The van der Waals surface area contributed by atoms with E-state index in [1.807, 2.05) is 0 Å². The Morgan fingerprint density at radius 3 is 2.48 bits per heavy atom. The predicted octanol–water partition coefficient (Wildman–Crippen LogP) is 1.36. The van der Waals surface area contributed by atoms with Crippen molar-refractivity contribution < 1.29 is 18.8 Å².